The number of benzene rings is 1. The molecule has 0 bridgehead atoms. The summed E-state index contributed by atoms with van der Waals surface area (Å²) >= 11 is 0. The molecule has 6 heteroatoms. The Bertz CT molecular complexity index is 550. The van der Waals surface area contributed by atoms with Gasteiger partial charge < -0.3 is 0 Å². The zero-order valence-corrected chi connectivity index (χ0v) is 11.5. The lowest BCUT2D eigenvalue weighted by Gasteiger charge is -2.31. The number of terminal acetylenes is 1. The first-order chi connectivity index (χ1) is 9.45. The van der Waals surface area contributed by atoms with Crippen LogP contribution in [0.5, 0.6) is 0 Å². The molecule has 1 heterocycles. The second-order valence-electron chi connectivity index (χ2n) is 4.56. The predicted molar refractivity (Wildman–Crippen MR) is 71.0 cm³/mol. The van der Waals surface area contributed by atoms with Gasteiger partial charge in [0.05, 0.1) is 16.5 Å². The van der Waals surface area contributed by atoms with E-state index < -0.39 is 22.7 Å². The lowest BCUT2D eigenvalue weighted by atomic mass is 10.1. The van der Waals surface area contributed by atoms with Crippen LogP contribution in [0.1, 0.15) is 24.8 Å². The van der Waals surface area contributed by atoms with Crippen LogP contribution in [-0.2, 0) is 17.2 Å². The van der Waals surface area contributed by atoms with Crippen molar-refractivity contribution in [2.75, 3.05) is 6.54 Å². The van der Waals surface area contributed by atoms with Gasteiger partial charge in [0, 0.05) is 6.54 Å². The summed E-state index contributed by atoms with van der Waals surface area (Å²) in [5, 5.41) is 0. The van der Waals surface area contributed by atoms with Gasteiger partial charge in [0.2, 0.25) is 0 Å². The van der Waals surface area contributed by atoms with E-state index in [0.29, 0.717) is 13.0 Å². The van der Waals surface area contributed by atoms with Crippen LogP contribution in [-0.4, -0.2) is 21.1 Å². The molecule has 0 spiro atoms. The van der Waals surface area contributed by atoms with E-state index in [1.54, 1.807) is 0 Å². The molecule has 0 N–H and O–H groups in total. The minimum atomic E-state index is -4.52. The summed E-state index contributed by atoms with van der Waals surface area (Å²) < 4.78 is 52.8. The van der Waals surface area contributed by atoms with Crippen molar-refractivity contribution in [2.45, 2.75) is 36.4 Å². The average Bonchev–Trinajstić information content (AvgIpc) is 2.45. The highest BCUT2D eigenvalue weighted by atomic mass is 32.2. The molecular weight excluding hydrogens is 287 g/mol. The van der Waals surface area contributed by atoms with Gasteiger partial charge in [-0.15, -0.1) is 6.42 Å². The summed E-state index contributed by atoms with van der Waals surface area (Å²) in [7, 11) is -1.89. The summed E-state index contributed by atoms with van der Waals surface area (Å²) in [6.07, 6.45) is 3.22. The molecule has 108 valence electrons. The largest absolute Gasteiger partial charge is 0.417 e. The van der Waals surface area contributed by atoms with Crippen molar-refractivity contribution in [1.29, 1.82) is 0 Å². The lowest BCUT2D eigenvalue weighted by molar-refractivity contribution is -0.139. The Kier molecular flexibility index (Phi) is 4.51. The van der Waals surface area contributed by atoms with Crippen LogP contribution in [0.2, 0.25) is 0 Å². The summed E-state index contributed by atoms with van der Waals surface area (Å²) in [6, 6.07) is 4.57. The molecule has 0 radical (unpaired) electrons. The number of rotatable bonds is 2. The van der Waals surface area contributed by atoms with E-state index in [0.717, 1.165) is 18.9 Å². The third-order valence-corrected chi connectivity index (χ3v) is 4.83. The van der Waals surface area contributed by atoms with Gasteiger partial charge >= 0.3 is 6.18 Å². The van der Waals surface area contributed by atoms with Crippen LogP contribution < -0.4 is 0 Å². The van der Waals surface area contributed by atoms with Crippen molar-refractivity contribution in [3.05, 3.63) is 29.8 Å². The number of piperidine rings is 1. The topological polar surface area (TPSA) is 20.3 Å². The fourth-order valence-corrected chi connectivity index (χ4v) is 3.76. The fraction of sp³-hybridized carbons (Fsp3) is 0.429. The van der Waals surface area contributed by atoms with Gasteiger partial charge in [0.25, 0.3) is 0 Å². The van der Waals surface area contributed by atoms with E-state index in [9.17, 15) is 17.4 Å². The monoisotopic (exact) mass is 301 g/mol. The first-order valence-corrected chi connectivity index (χ1v) is 7.36. The van der Waals surface area contributed by atoms with Gasteiger partial charge in [-0.3, -0.25) is 0 Å². The zero-order valence-electron chi connectivity index (χ0n) is 10.7. The third kappa shape index (κ3) is 3.05. The molecule has 2 atom stereocenters. The molecule has 0 saturated carbocycles. The highest BCUT2D eigenvalue weighted by Gasteiger charge is 2.37. The summed E-state index contributed by atoms with van der Waals surface area (Å²) in [5.74, 6) is 2.51. The van der Waals surface area contributed by atoms with E-state index in [1.807, 2.05) is 0 Å². The molecule has 1 saturated heterocycles. The number of hydrogen-bond donors (Lipinski definition) is 0. The highest BCUT2D eigenvalue weighted by molar-refractivity contribution is 7.82. The minimum absolute atomic E-state index is 0.220. The van der Waals surface area contributed by atoms with Gasteiger partial charge in [0.15, 0.2) is 0 Å². The Hall–Kier alpha value is -1.32. The van der Waals surface area contributed by atoms with Crippen LogP contribution in [0.4, 0.5) is 13.2 Å². The normalized spacial score (nSPS) is 22.2. The lowest BCUT2D eigenvalue weighted by Crippen LogP contribution is -2.40. The number of alkyl halides is 3. The van der Waals surface area contributed by atoms with Gasteiger partial charge in [0.1, 0.15) is 11.0 Å². The molecule has 1 aliphatic heterocycles. The maximum Gasteiger partial charge on any atom is 0.417 e. The first kappa shape index (κ1) is 15.1. The van der Waals surface area contributed by atoms with Crippen molar-refractivity contribution in [1.82, 2.24) is 4.31 Å². The van der Waals surface area contributed by atoms with E-state index >= 15 is 0 Å². The Morgan fingerprint density at radius 1 is 1.30 bits per heavy atom. The Morgan fingerprint density at radius 3 is 2.65 bits per heavy atom. The molecule has 0 aliphatic carbocycles. The van der Waals surface area contributed by atoms with Crippen molar-refractivity contribution in [3.63, 3.8) is 0 Å². The summed E-state index contributed by atoms with van der Waals surface area (Å²) in [5.41, 5.74) is -0.861. The van der Waals surface area contributed by atoms with E-state index in [-0.39, 0.29) is 10.9 Å². The highest BCUT2D eigenvalue weighted by Crippen LogP contribution is 2.35. The fourth-order valence-electron chi connectivity index (χ4n) is 2.25. The summed E-state index contributed by atoms with van der Waals surface area (Å²) in [6.45, 7) is 0.452. The maximum absolute atomic E-state index is 13.0. The number of hydrogen-bond acceptors (Lipinski definition) is 1. The van der Waals surface area contributed by atoms with Gasteiger partial charge in [-0.25, -0.2) is 8.51 Å². The second kappa shape index (κ2) is 5.98. The smallest absolute Gasteiger partial charge is 0.237 e. The average molecular weight is 301 g/mol. The number of nitrogens with zero attached hydrogens (tertiary/aromatic N) is 1. The van der Waals surface area contributed by atoms with Crippen molar-refractivity contribution in [2.24, 2.45) is 0 Å². The molecule has 1 aliphatic rings. The van der Waals surface area contributed by atoms with Crippen LogP contribution >= 0.6 is 0 Å². The van der Waals surface area contributed by atoms with Gasteiger partial charge in [-0.05, 0) is 31.4 Å². The molecule has 20 heavy (non-hydrogen) atoms. The van der Waals surface area contributed by atoms with Crippen LogP contribution in [0.15, 0.2) is 29.2 Å². The Morgan fingerprint density at radius 2 is 2.00 bits per heavy atom. The molecule has 1 aromatic rings. The Labute approximate surface area is 118 Å². The third-order valence-electron chi connectivity index (χ3n) is 3.24. The van der Waals surface area contributed by atoms with Gasteiger partial charge in [-0.2, -0.15) is 13.2 Å². The SMILES string of the molecule is C#C[C@@H]1CCCCN1[S@@](=O)c1ccccc1C(F)(F)F. The van der Waals surface area contributed by atoms with Crippen LogP contribution in [0.25, 0.3) is 0 Å². The molecule has 1 fully saturated rings. The quantitative estimate of drug-likeness (QED) is 0.768. The van der Waals surface area contributed by atoms with E-state index in [1.165, 1.54) is 22.5 Å². The Balaban J connectivity index is 2.36. The maximum atomic E-state index is 13.0. The molecule has 2 nitrogen and oxygen atoms in total. The van der Waals surface area contributed by atoms with Crippen molar-refractivity contribution >= 4 is 11.0 Å². The van der Waals surface area contributed by atoms with Gasteiger partial charge in [-0.1, -0.05) is 18.1 Å². The van der Waals surface area contributed by atoms with Crippen molar-refractivity contribution < 1.29 is 17.4 Å². The molecule has 0 aromatic heterocycles. The molecule has 0 amide bonds. The molecular formula is C14H14F3NOS. The van der Waals surface area contributed by atoms with Crippen LogP contribution in [0, 0.1) is 12.3 Å². The molecule has 1 aromatic carbocycles. The van der Waals surface area contributed by atoms with E-state index in [2.05, 4.69) is 5.92 Å². The van der Waals surface area contributed by atoms with E-state index in [4.69, 9.17) is 6.42 Å². The van der Waals surface area contributed by atoms with Crippen molar-refractivity contribution in [3.8, 4) is 12.3 Å². The second-order valence-corrected chi connectivity index (χ2v) is 5.97. The molecule has 2 rings (SSSR count). The molecule has 0 unspecified atom stereocenters. The first-order valence-electron chi connectivity index (χ1n) is 6.26. The van der Waals surface area contributed by atoms with Crippen LogP contribution in [0.3, 0.4) is 0 Å². The standard InChI is InChI=1S/C14H14F3NOS/c1-2-11-7-5-6-10-18(11)20(19)13-9-4-3-8-12(13)14(15,16)17/h1,3-4,8-9,11H,5-7,10H2/t11-,20+/m1/s1. The summed E-state index contributed by atoms with van der Waals surface area (Å²) in [4.78, 5) is -0.220. The minimum Gasteiger partial charge on any atom is -0.237 e. The number of halogens is 3. The predicted octanol–water partition coefficient (Wildman–Crippen LogP) is 3.22. The zero-order chi connectivity index (χ0) is 14.8.